The Morgan fingerprint density at radius 1 is 0.659 bits per heavy atom. The van der Waals surface area contributed by atoms with E-state index in [0.717, 1.165) is 30.0 Å². The number of para-hydroxylation sites is 3. The largest absolute Gasteiger partial charge is 0.489 e. The van der Waals surface area contributed by atoms with E-state index in [1.807, 2.05) is 30.3 Å². The first kappa shape index (κ1) is 25.0. The molecule has 4 nitrogen and oxygen atoms in total. The first-order chi connectivity index (χ1) is 20.3. The molecule has 1 unspecified atom stereocenters. The van der Waals surface area contributed by atoms with Crippen LogP contribution in [0.1, 0.15) is 22.3 Å². The van der Waals surface area contributed by atoms with Crippen molar-refractivity contribution in [2.45, 2.75) is 18.6 Å². The van der Waals surface area contributed by atoms with Crippen LogP contribution in [0.4, 0.5) is 11.4 Å². The van der Waals surface area contributed by atoms with E-state index in [2.05, 4.69) is 114 Å². The molecule has 4 aliphatic heterocycles. The van der Waals surface area contributed by atoms with Gasteiger partial charge in [-0.05, 0) is 70.8 Å². The lowest BCUT2D eigenvalue weighted by Crippen LogP contribution is -2.41. The summed E-state index contributed by atoms with van der Waals surface area (Å²) >= 11 is 0. The van der Waals surface area contributed by atoms with Crippen LogP contribution in [-0.2, 0) is 12.8 Å². The zero-order valence-corrected chi connectivity index (χ0v) is 22.8. The topological polar surface area (TPSA) is 42.5 Å². The highest BCUT2D eigenvalue weighted by molar-refractivity contribution is 5.93. The van der Waals surface area contributed by atoms with Crippen molar-refractivity contribution in [3.05, 3.63) is 144 Å². The fourth-order valence-corrected chi connectivity index (χ4v) is 5.80. The average Bonchev–Trinajstić information content (AvgIpc) is 3.66. The summed E-state index contributed by atoms with van der Waals surface area (Å²) in [6, 6.07) is 37.5. The summed E-state index contributed by atoms with van der Waals surface area (Å²) in [5.74, 6) is 1.94. The first-order valence-corrected chi connectivity index (χ1v) is 14.2. The molecule has 4 heterocycles. The minimum Gasteiger partial charge on any atom is -0.489 e. The van der Waals surface area contributed by atoms with Gasteiger partial charge < -0.3 is 20.1 Å². The zero-order valence-electron chi connectivity index (χ0n) is 22.8. The SMILES string of the molecule is C1=CC2(Cc3ccccc3N2)Oc2ccccc21.C1=Cc2c(ccc3ccccc23)OC1.c1ccc2c(c1)CCN2. The maximum Gasteiger partial charge on any atom is 0.204 e. The number of ether oxygens (including phenoxy) is 2. The molecule has 0 saturated heterocycles. The zero-order chi connectivity index (χ0) is 27.5. The van der Waals surface area contributed by atoms with Gasteiger partial charge in [-0.15, -0.1) is 0 Å². The van der Waals surface area contributed by atoms with E-state index in [9.17, 15) is 0 Å². The van der Waals surface area contributed by atoms with Gasteiger partial charge in [-0.2, -0.15) is 0 Å². The molecular formula is C37H32N2O2. The van der Waals surface area contributed by atoms with E-state index < -0.39 is 5.72 Å². The molecule has 4 heteroatoms. The van der Waals surface area contributed by atoms with Crippen LogP contribution >= 0.6 is 0 Å². The second-order valence-corrected chi connectivity index (χ2v) is 10.6. The Morgan fingerprint density at radius 2 is 1.44 bits per heavy atom. The number of nitrogens with one attached hydrogen (secondary N) is 2. The van der Waals surface area contributed by atoms with Gasteiger partial charge in [0.15, 0.2) is 0 Å². The highest BCUT2D eigenvalue weighted by Crippen LogP contribution is 2.39. The van der Waals surface area contributed by atoms with Crippen molar-refractivity contribution in [1.29, 1.82) is 0 Å². The second kappa shape index (κ2) is 10.9. The molecule has 0 saturated carbocycles. The van der Waals surface area contributed by atoms with Gasteiger partial charge in [0.25, 0.3) is 0 Å². The molecule has 5 aromatic carbocycles. The summed E-state index contributed by atoms with van der Waals surface area (Å²) in [5.41, 5.74) is 7.19. The van der Waals surface area contributed by atoms with Crippen LogP contribution in [0.15, 0.2) is 121 Å². The van der Waals surface area contributed by atoms with Crippen molar-refractivity contribution in [2.24, 2.45) is 0 Å². The van der Waals surface area contributed by atoms with E-state index >= 15 is 0 Å². The van der Waals surface area contributed by atoms with Gasteiger partial charge in [-0.3, -0.25) is 0 Å². The molecular weight excluding hydrogens is 504 g/mol. The molecule has 0 bridgehead atoms. The summed E-state index contributed by atoms with van der Waals surface area (Å²) in [7, 11) is 0. The summed E-state index contributed by atoms with van der Waals surface area (Å²) in [5, 5.41) is 9.31. The Bertz CT molecular complexity index is 1720. The number of anilines is 2. The van der Waals surface area contributed by atoms with Crippen molar-refractivity contribution >= 4 is 34.3 Å². The number of rotatable bonds is 0. The molecule has 41 heavy (non-hydrogen) atoms. The van der Waals surface area contributed by atoms with Crippen molar-refractivity contribution in [3.63, 3.8) is 0 Å². The van der Waals surface area contributed by atoms with Crippen molar-refractivity contribution < 1.29 is 9.47 Å². The molecule has 2 N–H and O–H groups in total. The lowest BCUT2D eigenvalue weighted by Gasteiger charge is -2.31. The minimum absolute atomic E-state index is 0.405. The highest BCUT2D eigenvalue weighted by Gasteiger charge is 2.38. The molecule has 0 aliphatic carbocycles. The van der Waals surface area contributed by atoms with Gasteiger partial charge in [0.1, 0.15) is 18.1 Å². The monoisotopic (exact) mass is 536 g/mol. The summed E-state index contributed by atoms with van der Waals surface area (Å²) in [4.78, 5) is 0. The Kier molecular flexibility index (Phi) is 6.65. The molecule has 4 aliphatic rings. The lowest BCUT2D eigenvalue weighted by molar-refractivity contribution is 0.155. The van der Waals surface area contributed by atoms with Crippen molar-refractivity contribution in [1.82, 2.24) is 0 Å². The third-order valence-corrected chi connectivity index (χ3v) is 7.84. The van der Waals surface area contributed by atoms with E-state index in [1.54, 1.807) is 0 Å². The summed E-state index contributed by atoms with van der Waals surface area (Å²) in [6.45, 7) is 1.80. The average molecular weight is 537 g/mol. The van der Waals surface area contributed by atoms with Crippen LogP contribution in [0.5, 0.6) is 11.5 Å². The van der Waals surface area contributed by atoms with E-state index in [4.69, 9.17) is 9.47 Å². The second-order valence-electron chi connectivity index (χ2n) is 10.6. The fourth-order valence-electron chi connectivity index (χ4n) is 5.80. The molecule has 9 rings (SSSR count). The number of benzene rings is 5. The number of hydrogen-bond donors (Lipinski definition) is 2. The maximum atomic E-state index is 6.16. The number of hydrogen-bond acceptors (Lipinski definition) is 4. The van der Waals surface area contributed by atoms with Gasteiger partial charge >= 0.3 is 0 Å². The quantitative estimate of drug-likeness (QED) is 0.209. The van der Waals surface area contributed by atoms with Crippen LogP contribution in [0.3, 0.4) is 0 Å². The van der Waals surface area contributed by atoms with Gasteiger partial charge in [-0.1, -0.05) is 91.0 Å². The summed E-state index contributed by atoms with van der Waals surface area (Å²) < 4.78 is 11.7. The van der Waals surface area contributed by atoms with Crippen LogP contribution in [0.25, 0.3) is 22.9 Å². The Hall–Kier alpha value is -4.96. The van der Waals surface area contributed by atoms with Gasteiger partial charge in [0.05, 0.1) is 0 Å². The molecule has 5 aromatic rings. The van der Waals surface area contributed by atoms with E-state index in [0.29, 0.717) is 6.61 Å². The maximum absolute atomic E-state index is 6.16. The van der Waals surface area contributed by atoms with Crippen molar-refractivity contribution in [3.8, 4) is 11.5 Å². The minimum atomic E-state index is -0.405. The van der Waals surface area contributed by atoms with Crippen molar-refractivity contribution in [2.75, 3.05) is 23.8 Å². The fraction of sp³-hybridized carbons (Fsp3) is 0.135. The Balaban J connectivity index is 0.000000107. The third kappa shape index (κ3) is 5.17. The molecule has 1 spiro atoms. The smallest absolute Gasteiger partial charge is 0.204 e. The Labute approximate surface area is 241 Å². The lowest BCUT2D eigenvalue weighted by atomic mass is 10.0. The van der Waals surface area contributed by atoms with E-state index in [-0.39, 0.29) is 0 Å². The standard InChI is InChI=1S/C16H13NO.C13H10O.C8H9N/c1-3-7-14-13(6-1)11-16(17-14)10-9-12-5-2-4-8-15(12)18-16;1-2-5-11-10(4-1)7-8-13-12(11)6-3-9-14-13;1-2-4-8-7(3-1)5-6-9-8/h1-10,17H,11H2;1-8H,9H2;1-4,9H,5-6H2. The molecule has 0 aromatic heterocycles. The predicted molar refractivity (Wildman–Crippen MR) is 170 cm³/mol. The third-order valence-electron chi connectivity index (χ3n) is 7.84. The summed E-state index contributed by atoms with van der Waals surface area (Å²) in [6.07, 6.45) is 10.5. The van der Waals surface area contributed by atoms with Crippen LogP contribution in [-0.4, -0.2) is 18.9 Å². The van der Waals surface area contributed by atoms with Crippen LogP contribution < -0.4 is 20.1 Å². The normalized spacial score (nSPS) is 18.0. The predicted octanol–water partition coefficient (Wildman–Crippen LogP) is 8.36. The van der Waals surface area contributed by atoms with Crippen LogP contribution in [0, 0.1) is 0 Å². The van der Waals surface area contributed by atoms with Gasteiger partial charge in [0.2, 0.25) is 5.72 Å². The van der Waals surface area contributed by atoms with Gasteiger partial charge in [-0.25, -0.2) is 0 Å². The van der Waals surface area contributed by atoms with Gasteiger partial charge in [0, 0.05) is 35.5 Å². The van der Waals surface area contributed by atoms with Crippen LogP contribution in [0.2, 0.25) is 0 Å². The number of fused-ring (bicyclic) bond motifs is 6. The highest BCUT2D eigenvalue weighted by atomic mass is 16.5. The van der Waals surface area contributed by atoms with E-state index in [1.165, 1.54) is 45.3 Å². The molecule has 1 atom stereocenters. The molecule has 202 valence electrons. The first-order valence-electron chi connectivity index (χ1n) is 14.2. The molecule has 0 fully saturated rings. The molecule has 0 radical (unpaired) electrons. The Morgan fingerprint density at radius 3 is 2.34 bits per heavy atom. The molecule has 0 amide bonds.